The van der Waals surface area contributed by atoms with E-state index in [1.807, 2.05) is 0 Å². The number of nitrogens with one attached hydrogen (secondary N) is 1. The second-order valence-corrected chi connectivity index (χ2v) is 6.23. The average Bonchev–Trinajstić information content (AvgIpc) is 3.10. The quantitative estimate of drug-likeness (QED) is 0.863. The topological polar surface area (TPSA) is 89.2 Å². The zero-order valence-corrected chi connectivity index (χ0v) is 12.2. The Bertz CT molecular complexity index is 518. The number of hydrogen-bond donors (Lipinski definition) is 2. The van der Waals surface area contributed by atoms with Crippen LogP contribution < -0.4 is 16.0 Å². The molecule has 3 aliphatic rings. The van der Waals surface area contributed by atoms with Gasteiger partial charge in [0.2, 0.25) is 17.8 Å². The van der Waals surface area contributed by atoms with E-state index >= 15 is 0 Å². The standard InChI is InChI=1S/C14H22N6O/c15-12-17-13(16-10-8-9-4-5-11(10)21-9)19-14(18-12)20-6-2-1-3-7-20/h9-11H,1-8H2,(H3,15,16,17,18,19). The average molecular weight is 290 g/mol. The fourth-order valence-corrected chi connectivity index (χ4v) is 3.64. The molecule has 0 spiro atoms. The van der Waals surface area contributed by atoms with Gasteiger partial charge < -0.3 is 20.7 Å². The second kappa shape index (κ2) is 5.29. The Hall–Kier alpha value is -1.63. The number of nitrogens with two attached hydrogens (primary N) is 1. The zero-order valence-electron chi connectivity index (χ0n) is 12.2. The first-order valence-electron chi connectivity index (χ1n) is 7.96. The molecule has 2 bridgehead atoms. The predicted octanol–water partition coefficient (Wildman–Crippen LogP) is 1.18. The van der Waals surface area contributed by atoms with Gasteiger partial charge in [-0.15, -0.1) is 0 Å². The van der Waals surface area contributed by atoms with Gasteiger partial charge in [-0.25, -0.2) is 0 Å². The molecule has 21 heavy (non-hydrogen) atoms. The lowest BCUT2D eigenvalue weighted by atomic mass is 9.96. The Labute approximate surface area is 124 Å². The van der Waals surface area contributed by atoms with E-state index in [1.165, 1.54) is 25.7 Å². The van der Waals surface area contributed by atoms with Gasteiger partial charge in [-0.05, 0) is 38.5 Å². The summed E-state index contributed by atoms with van der Waals surface area (Å²) in [6.07, 6.45) is 7.71. The summed E-state index contributed by atoms with van der Waals surface area (Å²) in [6, 6.07) is 0.305. The number of anilines is 3. The van der Waals surface area contributed by atoms with Crippen LogP contribution in [0.2, 0.25) is 0 Å². The van der Waals surface area contributed by atoms with Gasteiger partial charge in [-0.2, -0.15) is 15.0 Å². The highest BCUT2D eigenvalue weighted by molar-refractivity contribution is 5.43. The Kier molecular flexibility index (Phi) is 3.29. The summed E-state index contributed by atoms with van der Waals surface area (Å²) in [4.78, 5) is 15.3. The molecule has 0 aliphatic carbocycles. The number of aromatic nitrogens is 3. The van der Waals surface area contributed by atoms with Crippen molar-refractivity contribution in [3.63, 3.8) is 0 Å². The predicted molar refractivity (Wildman–Crippen MR) is 80.2 cm³/mol. The molecule has 3 aliphatic heterocycles. The lowest BCUT2D eigenvalue weighted by Gasteiger charge is -2.27. The molecule has 3 unspecified atom stereocenters. The molecule has 4 rings (SSSR count). The van der Waals surface area contributed by atoms with E-state index in [1.54, 1.807) is 0 Å². The van der Waals surface area contributed by atoms with Gasteiger partial charge in [0.05, 0.1) is 18.2 Å². The summed E-state index contributed by atoms with van der Waals surface area (Å²) in [7, 11) is 0. The zero-order chi connectivity index (χ0) is 14.2. The molecular formula is C14H22N6O. The van der Waals surface area contributed by atoms with E-state index < -0.39 is 0 Å². The summed E-state index contributed by atoms with van der Waals surface area (Å²) in [6.45, 7) is 2.00. The minimum Gasteiger partial charge on any atom is -0.373 e. The molecule has 3 N–H and O–H groups in total. The molecule has 3 fully saturated rings. The normalized spacial score (nSPS) is 31.6. The third kappa shape index (κ3) is 2.62. The van der Waals surface area contributed by atoms with Crippen LogP contribution in [0.3, 0.4) is 0 Å². The van der Waals surface area contributed by atoms with Gasteiger partial charge in [0, 0.05) is 13.1 Å². The van der Waals surface area contributed by atoms with Gasteiger partial charge in [0.25, 0.3) is 0 Å². The van der Waals surface area contributed by atoms with Crippen molar-refractivity contribution in [3.8, 4) is 0 Å². The van der Waals surface area contributed by atoms with E-state index in [0.29, 0.717) is 30.1 Å². The molecule has 4 heterocycles. The Morgan fingerprint density at radius 2 is 1.95 bits per heavy atom. The van der Waals surface area contributed by atoms with Crippen molar-refractivity contribution < 1.29 is 4.74 Å². The summed E-state index contributed by atoms with van der Waals surface area (Å²) in [5.74, 6) is 1.58. The van der Waals surface area contributed by atoms with Crippen LogP contribution in [0, 0.1) is 0 Å². The maximum absolute atomic E-state index is 5.86. The lowest BCUT2D eigenvalue weighted by molar-refractivity contribution is 0.102. The highest BCUT2D eigenvalue weighted by Crippen LogP contribution is 2.35. The van der Waals surface area contributed by atoms with Crippen LogP contribution in [0.5, 0.6) is 0 Å². The first-order valence-corrected chi connectivity index (χ1v) is 7.96. The fraction of sp³-hybridized carbons (Fsp3) is 0.786. The van der Waals surface area contributed by atoms with Crippen molar-refractivity contribution in [2.45, 2.75) is 56.8 Å². The van der Waals surface area contributed by atoms with Crippen LogP contribution in [0.1, 0.15) is 38.5 Å². The van der Waals surface area contributed by atoms with E-state index in [2.05, 4.69) is 25.2 Å². The number of ether oxygens (including phenoxy) is 1. The van der Waals surface area contributed by atoms with Gasteiger partial charge in [0.15, 0.2) is 0 Å². The van der Waals surface area contributed by atoms with E-state index in [0.717, 1.165) is 25.9 Å². The number of nitrogen functional groups attached to an aromatic ring is 1. The van der Waals surface area contributed by atoms with Crippen LogP contribution in [-0.2, 0) is 4.74 Å². The molecule has 0 saturated carbocycles. The van der Waals surface area contributed by atoms with Gasteiger partial charge >= 0.3 is 0 Å². The molecule has 3 saturated heterocycles. The molecule has 1 aromatic heterocycles. The number of nitrogens with zero attached hydrogens (tertiary/aromatic N) is 4. The van der Waals surface area contributed by atoms with Gasteiger partial charge in [-0.1, -0.05) is 0 Å². The van der Waals surface area contributed by atoms with Crippen molar-refractivity contribution in [3.05, 3.63) is 0 Å². The minimum absolute atomic E-state index is 0.289. The first kappa shape index (κ1) is 13.1. The fourth-order valence-electron chi connectivity index (χ4n) is 3.64. The number of piperidine rings is 1. The Balaban J connectivity index is 1.50. The Morgan fingerprint density at radius 3 is 2.67 bits per heavy atom. The number of hydrogen-bond acceptors (Lipinski definition) is 7. The monoisotopic (exact) mass is 290 g/mol. The third-order valence-electron chi connectivity index (χ3n) is 4.70. The number of rotatable bonds is 3. The van der Waals surface area contributed by atoms with Crippen LogP contribution >= 0.6 is 0 Å². The maximum atomic E-state index is 5.86. The molecule has 0 amide bonds. The third-order valence-corrected chi connectivity index (χ3v) is 4.70. The molecule has 3 atom stereocenters. The van der Waals surface area contributed by atoms with E-state index in [9.17, 15) is 0 Å². The highest BCUT2D eigenvalue weighted by atomic mass is 16.5. The summed E-state index contributed by atoms with van der Waals surface area (Å²) < 4.78 is 5.86. The van der Waals surface area contributed by atoms with E-state index in [-0.39, 0.29) is 5.95 Å². The maximum Gasteiger partial charge on any atom is 0.231 e. The molecular weight excluding hydrogens is 268 g/mol. The molecule has 1 aromatic rings. The van der Waals surface area contributed by atoms with Crippen molar-refractivity contribution in [2.24, 2.45) is 0 Å². The molecule has 114 valence electrons. The van der Waals surface area contributed by atoms with Crippen LogP contribution in [-0.4, -0.2) is 46.3 Å². The largest absolute Gasteiger partial charge is 0.373 e. The SMILES string of the molecule is Nc1nc(NC2CC3CCC2O3)nc(N2CCCCC2)n1. The van der Waals surface area contributed by atoms with Crippen molar-refractivity contribution >= 4 is 17.8 Å². The Morgan fingerprint density at radius 1 is 1.10 bits per heavy atom. The van der Waals surface area contributed by atoms with Crippen LogP contribution in [0.25, 0.3) is 0 Å². The van der Waals surface area contributed by atoms with Gasteiger partial charge in [0.1, 0.15) is 0 Å². The van der Waals surface area contributed by atoms with Crippen molar-refractivity contribution in [1.82, 2.24) is 15.0 Å². The number of fused-ring (bicyclic) bond motifs is 2. The first-order chi connectivity index (χ1) is 10.3. The van der Waals surface area contributed by atoms with Crippen LogP contribution in [0.15, 0.2) is 0 Å². The smallest absolute Gasteiger partial charge is 0.231 e. The highest BCUT2D eigenvalue weighted by Gasteiger charge is 2.41. The molecule has 0 radical (unpaired) electrons. The summed E-state index contributed by atoms with van der Waals surface area (Å²) >= 11 is 0. The summed E-state index contributed by atoms with van der Waals surface area (Å²) in [5.41, 5.74) is 5.86. The van der Waals surface area contributed by atoms with Crippen LogP contribution in [0.4, 0.5) is 17.8 Å². The van der Waals surface area contributed by atoms with Crippen molar-refractivity contribution in [2.75, 3.05) is 29.0 Å². The molecule has 7 nitrogen and oxygen atoms in total. The summed E-state index contributed by atoms with van der Waals surface area (Å²) in [5, 5.41) is 3.40. The second-order valence-electron chi connectivity index (χ2n) is 6.23. The molecule has 0 aromatic carbocycles. The van der Waals surface area contributed by atoms with Crippen molar-refractivity contribution in [1.29, 1.82) is 0 Å². The van der Waals surface area contributed by atoms with Gasteiger partial charge in [-0.3, -0.25) is 0 Å². The molecule has 7 heteroatoms. The minimum atomic E-state index is 0.289. The van der Waals surface area contributed by atoms with E-state index in [4.69, 9.17) is 10.5 Å². The lowest BCUT2D eigenvalue weighted by Crippen LogP contribution is -2.33.